The lowest BCUT2D eigenvalue weighted by atomic mass is 10.00. The smallest absolute Gasteiger partial charge is 0.265 e. The Balaban J connectivity index is 1.62. The van der Waals surface area contributed by atoms with E-state index in [2.05, 4.69) is 21.5 Å². The standard InChI is InChI=1S/C23H27N3O2S/c1-14(2)21-25-23(28-26-21)17-11-8-9-15(3)20(17)24-22(27)19-13-16-10-6-4-5-7-12-18(16)29-19/h8-9,11,13-14H,4-7,10,12H2,1-3H3,(H,24,27). The molecule has 3 aromatic rings. The topological polar surface area (TPSA) is 68.0 Å². The molecule has 5 nitrogen and oxygen atoms in total. The predicted octanol–water partition coefficient (Wildman–Crippen LogP) is 6.14. The number of aromatic nitrogens is 2. The largest absolute Gasteiger partial charge is 0.334 e. The van der Waals surface area contributed by atoms with E-state index in [0.29, 0.717) is 11.7 Å². The number of thiophene rings is 1. The van der Waals surface area contributed by atoms with Gasteiger partial charge in [0.25, 0.3) is 11.8 Å². The number of anilines is 1. The minimum Gasteiger partial charge on any atom is -0.334 e. The fourth-order valence-corrected chi connectivity index (χ4v) is 4.87. The van der Waals surface area contributed by atoms with Crippen LogP contribution in [-0.4, -0.2) is 16.0 Å². The fraction of sp³-hybridized carbons (Fsp3) is 0.435. The Morgan fingerprint density at radius 3 is 2.72 bits per heavy atom. The molecule has 1 N–H and O–H groups in total. The molecule has 0 saturated carbocycles. The van der Waals surface area contributed by atoms with E-state index in [1.54, 1.807) is 11.3 Å². The molecular formula is C23H27N3O2S. The van der Waals surface area contributed by atoms with Crippen LogP contribution in [0.1, 0.15) is 76.9 Å². The van der Waals surface area contributed by atoms with Gasteiger partial charge in [-0.1, -0.05) is 44.0 Å². The van der Waals surface area contributed by atoms with Crippen LogP contribution in [-0.2, 0) is 12.8 Å². The summed E-state index contributed by atoms with van der Waals surface area (Å²) in [6, 6.07) is 7.92. The normalized spacial score (nSPS) is 14.3. The highest BCUT2D eigenvalue weighted by Gasteiger charge is 2.20. The third kappa shape index (κ3) is 4.27. The number of para-hydroxylation sites is 1. The van der Waals surface area contributed by atoms with Gasteiger partial charge in [-0.15, -0.1) is 11.3 Å². The van der Waals surface area contributed by atoms with Crippen molar-refractivity contribution in [2.24, 2.45) is 0 Å². The number of nitrogens with one attached hydrogen (secondary N) is 1. The molecule has 1 aromatic carbocycles. The molecule has 1 aliphatic carbocycles. The van der Waals surface area contributed by atoms with Gasteiger partial charge in [-0.3, -0.25) is 4.79 Å². The molecule has 29 heavy (non-hydrogen) atoms. The molecule has 0 atom stereocenters. The van der Waals surface area contributed by atoms with Crippen molar-refractivity contribution in [3.05, 3.63) is 51.0 Å². The average Bonchev–Trinajstić information content (AvgIpc) is 3.31. The van der Waals surface area contributed by atoms with Crippen LogP contribution in [0.3, 0.4) is 0 Å². The summed E-state index contributed by atoms with van der Waals surface area (Å²) in [5.41, 5.74) is 3.81. The van der Waals surface area contributed by atoms with Crippen LogP contribution in [0.2, 0.25) is 0 Å². The van der Waals surface area contributed by atoms with Gasteiger partial charge in [0, 0.05) is 10.8 Å². The van der Waals surface area contributed by atoms with E-state index in [0.717, 1.165) is 34.5 Å². The second-order valence-electron chi connectivity index (χ2n) is 8.04. The van der Waals surface area contributed by atoms with Gasteiger partial charge in [0.05, 0.1) is 16.1 Å². The number of carbonyl (C=O) groups is 1. The van der Waals surface area contributed by atoms with E-state index >= 15 is 0 Å². The Labute approximate surface area is 175 Å². The highest BCUT2D eigenvalue weighted by atomic mass is 32.1. The molecule has 152 valence electrons. The maximum absolute atomic E-state index is 13.1. The molecule has 4 rings (SSSR count). The number of rotatable bonds is 4. The van der Waals surface area contributed by atoms with Crippen molar-refractivity contribution in [1.82, 2.24) is 10.1 Å². The van der Waals surface area contributed by atoms with Gasteiger partial charge in [0.2, 0.25) is 0 Å². The molecule has 0 spiro atoms. The summed E-state index contributed by atoms with van der Waals surface area (Å²) in [4.78, 5) is 19.7. The van der Waals surface area contributed by atoms with Gasteiger partial charge < -0.3 is 9.84 Å². The number of hydrogen-bond donors (Lipinski definition) is 1. The summed E-state index contributed by atoms with van der Waals surface area (Å²) in [5, 5.41) is 7.18. The lowest BCUT2D eigenvalue weighted by Crippen LogP contribution is -2.12. The van der Waals surface area contributed by atoms with Gasteiger partial charge in [-0.2, -0.15) is 4.98 Å². The number of carbonyl (C=O) groups excluding carboxylic acids is 1. The molecule has 0 fully saturated rings. The first-order valence-electron chi connectivity index (χ1n) is 10.4. The highest BCUT2D eigenvalue weighted by molar-refractivity contribution is 7.14. The van der Waals surface area contributed by atoms with Gasteiger partial charge in [0.1, 0.15) is 0 Å². The minimum absolute atomic E-state index is 0.0686. The lowest BCUT2D eigenvalue weighted by molar-refractivity contribution is 0.103. The second kappa shape index (κ2) is 8.49. The third-order valence-corrected chi connectivity index (χ3v) is 6.66. The maximum Gasteiger partial charge on any atom is 0.265 e. The SMILES string of the molecule is Cc1cccc(-c2nc(C(C)C)no2)c1NC(=O)c1cc2c(s1)CCCCCC2. The molecule has 1 aliphatic rings. The summed E-state index contributed by atoms with van der Waals surface area (Å²) in [5.74, 6) is 1.21. The van der Waals surface area contributed by atoms with E-state index in [4.69, 9.17) is 4.52 Å². The molecular weight excluding hydrogens is 382 g/mol. The fourth-order valence-electron chi connectivity index (χ4n) is 3.72. The predicted molar refractivity (Wildman–Crippen MR) is 117 cm³/mol. The van der Waals surface area contributed by atoms with Crippen LogP contribution < -0.4 is 5.32 Å². The molecule has 0 radical (unpaired) electrons. The van der Waals surface area contributed by atoms with E-state index in [1.807, 2.05) is 39.0 Å². The van der Waals surface area contributed by atoms with Gasteiger partial charge in [-0.05, 0) is 55.9 Å². The van der Waals surface area contributed by atoms with Gasteiger partial charge >= 0.3 is 0 Å². The van der Waals surface area contributed by atoms with E-state index in [1.165, 1.54) is 36.1 Å². The lowest BCUT2D eigenvalue weighted by Gasteiger charge is -2.11. The van der Waals surface area contributed by atoms with Crippen molar-refractivity contribution in [3.63, 3.8) is 0 Å². The molecule has 2 aromatic heterocycles. The summed E-state index contributed by atoms with van der Waals surface area (Å²) in [6.45, 7) is 6.03. The van der Waals surface area contributed by atoms with Crippen LogP contribution in [0, 0.1) is 6.92 Å². The van der Waals surface area contributed by atoms with Crippen molar-refractivity contribution >= 4 is 22.9 Å². The Morgan fingerprint density at radius 2 is 1.97 bits per heavy atom. The van der Waals surface area contributed by atoms with Gasteiger partial charge in [-0.25, -0.2) is 0 Å². The monoisotopic (exact) mass is 409 g/mol. The highest BCUT2D eigenvalue weighted by Crippen LogP contribution is 2.33. The zero-order chi connectivity index (χ0) is 20.4. The van der Waals surface area contributed by atoms with Crippen molar-refractivity contribution in [2.45, 2.75) is 65.2 Å². The Bertz CT molecular complexity index is 994. The molecule has 1 amide bonds. The Kier molecular flexibility index (Phi) is 5.81. The molecule has 0 saturated heterocycles. The maximum atomic E-state index is 13.1. The van der Waals surface area contributed by atoms with Crippen LogP contribution in [0.5, 0.6) is 0 Å². The van der Waals surface area contributed by atoms with E-state index < -0.39 is 0 Å². The zero-order valence-electron chi connectivity index (χ0n) is 17.2. The summed E-state index contributed by atoms with van der Waals surface area (Å²) in [7, 11) is 0. The Morgan fingerprint density at radius 1 is 1.17 bits per heavy atom. The van der Waals surface area contributed by atoms with Crippen molar-refractivity contribution < 1.29 is 9.32 Å². The van der Waals surface area contributed by atoms with Crippen molar-refractivity contribution in [2.75, 3.05) is 5.32 Å². The van der Waals surface area contributed by atoms with Gasteiger partial charge in [0.15, 0.2) is 5.82 Å². The molecule has 0 unspecified atom stereocenters. The van der Waals surface area contributed by atoms with Crippen LogP contribution in [0.4, 0.5) is 5.69 Å². The summed E-state index contributed by atoms with van der Waals surface area (Å²) in [6.07, 6.45) is 7.16. The Hall–Kier alpha value is -2.47. The minimum atomic E-state index is -0.0686. The van der Waals surface area contributed by atoms with E-state index in [9.17, 15) is 4.79 Å². The van der Waals surface area contributed by atoms with Crippen LogP contribution in [0.15, 0.2) is 28.8 Å². The quantitative estimate of drug-likeness (QED) is 0.562. The number of fused-ring (bicyclic) bond motifs is 1. The van der Waals surface area contributed by atoms with Crippen LogP contribution in [0.25, 0.3) is 11.5 Å². The first-order valence-corrected chi connectivity index (χ1v) is 11.2. The van der Waals surface area contributed by atoms with E-state index in [-0.39, 0.29) is 11.8 Å². The number of benzene rings is 1. The average molecular weight is 410 g/mol. The first-order chi connectivity index (χ1) is 14.0. The summed E-state index contributed by atoms with van der Waals surface area (Å²) >= 11 is 1.64. The van der Waals surface area contributed by atoms with Crippen molar-refractivity contribution in [1.29, 1.82) is 0 Å². The first kappa shape index (κ1) is 19.8. The second-order valence-corrected chi connectivity index (χ2v) is 9.17. The molecule has 0 bridgehead atoms. The number of aryl methyl sites for hydroxylation is 3. The van der Waals surface area contributed by atoms with Crippen molar-refractivity contribution in [3.8, 4) is 11.5 Å². The zero-order valence-corrected chi connectivity index (χ0v) is 18.1. The molecule has 0 aliphatic heterocycles. The third-order valence-electron chi connectivity index (χ3n) is 5.42. The molecule has 6 heteroatoms. The number of nitrogens with zero attached hydrogens (tertiary/aromatic N) is 2. The number of hydrogen-bond acceptors (Lipinski definition) is 5. The van der Waals surface area contributed by atoms with Crippen LogP contribution >= 0.6 is 11.3 Å². The summed E-state index contributed by atoms with van der Waals surface area (Å²) < 4.78 is 5.48. The molecule has 2 heterocycles. The number of amides is 1.